The Morgan fingerprint density at radius 2 is 1.71 bits per heavy atom. The Kier molecular flexibility index (Phi) is 2.45. The molecule has 1 aliphatic carbocycles. The predicted octanol–water partition coefficient (Wildman–Crippen LogP) is 2.49. The van der Waals surface area contributed by atoms with Crippen molar-refractivity contribution in [1.29, 1.82) is 0 Å². The van der Waals surface area contributed by atoms with Gasteiger partial charge in [0.2, 0.25) is 0 Å². The van der Waals surface area contributed by atoms with Gasteiger partial charge in [0.05, 0.1) is 0 Å². The Morgan fingerprint density at radius 1 is 0.929 bits per heavy atom. The fraction of sp³-hybridized carbons (Fsp3) is 0.0769. The second-order valence-corrected chi connectivity index (χ2v) is 3.47. The van der Waals surface area contributed by atoms with E-state index in [2.05, 4.69) is 48.6 Å². The van der Waals surface area contributed by atoms with Gasteiger partial charge in [0.25, 0.3) is 0 Å². The maximum absolute atomic E-state index is 2.23. The predicted molar refractivity (Wildman–Crippen MR) is 65.2 cm³/mol. The van der Waals surface area contributed by atoms with Crippen molar-refractivity contribution in [3.63, 3.8) is 0 Å². The molecule has 0 aliphatic heterocycles. The zero-order valence-corrected chi connectivity index (χ0v) is 9.92. The van der Waals surface area contributed by atoms with Crippen LogP contribution in [-0.2, 0) is 6.42 Å². The van der Waals surface area contributed by atoms with Gasteiger partial charge in [-0.3, -0.25) is 0 Å². The van der Waals surface area contributed by atoms with Crippen molar-refractivity contribution in [2.45, 2.75) is 6.42 Å². The van der Waals surface area contributed by atoms with Crippen molar-refractivity contribution in [1.82, 2.24) is 0 Å². The van der Waals surface area contributed by atoms with E-state index in [0.29, 0.717) is 0 Å². The molecular formula is C13H12Se. The molecule has 0 bridgehead atoms. The van der Waals surface area contributed by atoms with Crippen LogP contribution >= 0.6 is 0 Å². The first-order chi connectivity index (χ1) is 6.45. The van der Waals surface area contributed by atoms with Gasteiger partial charge < -0.3 is 0 Å². The number of allylic oxidation sites excluding steroid dienone is 1. The Labute approximate surface area is 94.1 Å². The van der Waals surface area contributed by atoms with Crippen LogP contribution in [0, 0.1) is 0 Å². The zero-order chi connectivity index (χ0) is 8.67. The number of rotatable bonds is 0. The van der Waals surface area contributed by atoms with Crippen LogP contribution in [0.5, 0.6) is 0 Å². The molecule has 0 fully saturated rings. The Morgan fingerprint density at radius 3 is 2.57 bits per heavy atom. The fourth-order valence-corrected chi connectivity index (χ4v) is 2.07. The number of hydrogen-bond acceptors (Lipinski definition) is 0. The molecule has 0 nitrogen and oxygen atoms in total. The Balaban J connectivity index is 0.000000750. The van der Waals surface area contributed by atoms with Gasteiger partial charge in [-0.2, -0.15) is 0 Å². The molecule has 0 saturated heterocycles. The van der Waals surface area contributed by atoms with Gasteiger partial charge in [-0.15, -0.1) is 0 Å². The molecule has 14 heavy (non-hydrogen) atoms. The van der Waals surface area contributed by atoms with Crippen LogP contribution in [-0.4, -0.2) is 17.1 Å². The number of hydrogen-bond donors (Lipinski definition) is 0. The van der Waals surface area contributed by atoms with E-state index in [-0.39, 0.29) is 17.1 Å². The monoisotopic (exact) mass is 248 g/mol. The normalized spacial score (nSPS) is 12.6. The standard InChI is InChI=1S/C13H10.H2Se/c1-4-10-6-2-8-12-9-3-7-11(5-1)13(10)12;/h1-8H,9H2;1H2. The molecule has 2 aromatic rings. The summed E-state index contributed by atoms with van der Waals surface area (Å²) in [6.07, 6.45) is 5.53. The van der Waals surface area contributed by atoms with E-state index in [1.165, 1.54) is 21.9 Å². The van der Waals surface area contributed by atoms with Crippen LogP contribution in [0.2, 0.25) is 0 Å². The summed E-state index contributed by atoms with van der Waals surface area (Å²) in [6, 6.07) is 13.0. The molecule has 0 atom stereocenters. The van der Waals surface area contributed by atoms with Gasteiger partial charge >= 0.3 is 17.1 Å². The van der Waals surface area contributed by atoms with Crippen molar-refractivity contribution in [3.05, 3.63) is 53.6 Å². The van der Waals surface area contributed by atoms with Crippen LogP contribution in [0.1, 0.15) is 11.1 Å². The van der Waals surface area contributed by atoms with Gasteiger partial charge in [-0.05, 0) is 28.3 Å². The van der Waals surface area contributed by atoms with E-state index in [0.717, 1.165) is 6.42 Å². The van der Waals surface area contributed by atoms with Crippen LogP contribution in [0.3, 0.4) is 0 Å². The van der Waals surface area contributed by atoms with Gasteiger partial charge in [0, 0.05) is 0 Å². The molecule has 0 saturated carbocycles. The molecule has 0 N–H and O–H groups in total. The van der Waals surface area contributed by atoms with Crippen molar-refractivity contribution in [2.24, 2.45) is 0 Å². The summed E-state index contributed by atoms with van der Waals surface area (Å²) < 4.78 is 0. The first-order valence-corrected chi connectivity index (χ1v) is 4.62. The minimum absolute atomic E-state index is 0. The summed E-state index contributed by atoms with van der Waals surface area (Å²) in [5, 5.41) is 2.80. The number of benzene rings is 2. The van der Waals surface area contributed by atoms with E-state index in [9.17, 15) is 0 Å². The fourth-order valence-electron chi connectivity index (χ4n) is 2.07. The second kappa shape index (κ2) is 3.61. The topological polar surface area (TPSA) is 0 Å². The molecule has 0 aromatic heterocycles. The van der Waals surface area contributed by atoms with E-state index < -0.39 is 0 Å². The molecule has 1 aliphatic rings. The summed E-state index contributed by atoms with van der Waals surface area (Å²) in [5.41, 5.74) is 2.81. The molecule has 70 valence electrons. The zero-order valence-electron chi connectivity index (χ0n) is 7.83. The van der Waals surface area contributed by atoms with E-state index >= 15 is 0 Å². The molecular weight excluding hydrogens is 235 g/mol. The quantitative estimate of drug-likeness (QED) is 0.627. The molecule has 0 heterocycles. The second-order valence-electron chi connectivity index (χ2n) is 3.47. The summed E-state index contributed by atoms with van der Waals surface area (Å²) in [7, 11) is 0. The van der Waals surface area contributed by atoms with Crippen LogP contribution < -0.4 is 0 Å². The molecule has 2 aromatic carbocycles. The first kappa shape index (κ1) is 9.51. The SMILES string of the molecule is C1=Cc2cccc3cccc(c23)C1.[SeH2]. The summed E-state index contributed by atoms with van der Waals surface area (Å²) in [4.78, 5) is 0. The molecule has 0 unspecified atom stereocenters. The van der Waals surface area contributed by atoms with E-state index in [1.54, 1.807) is 0 Å². The summed E-state index contributed by atoms with van der Waals surface area (Å²) >= 11 is 0. The van der Waals surface area contributed by atoms with Crippen molar-refractivity contribution >= 4 is 33.9 Å². The van der Waals surface area contributed by atoms with Crippen LogP contribution in [0.15, 0.2) is 42.5 Å². The average molecular weight is 247 g/mol. The average Bonchev–Trinajstić information content (AvgIpc) is 2.19. The van der Waals surface area contributed by atoms with E-state index in [1.807, 2.05) is 0 Å². The Hall–Kier alpha value is -1.04. The molecule has 1 heteroatoms. The van der Waals surface area contributed by atoms with Crippen molar-refractivity contribution in [2.75, 3.05) is 0 Å². The molecule has 0 amide bonds. The maximum atomic E-state index is 2.23. The first-order valence-electron chi connectivity index (χ1n) is 4.62. The molecule has 0 spiro atoms. The minimum atomic E-state index is 0. The van der Waals surface area contributed by atoms with Gasteiger partial charge in [0.1, 0.15) is 0 Å². The third-order valence-electron chi connectivity index (χ3n) is 2.66. The molecule has 3 rings (SSSR count). The third-order valence-corrected chi connectivity index (χ3v) is 2.66. The molecule has 0 radical (unpaired) electrons. The third kappa shape index (κ3) is 1.30. The van der Waals surface area contributed by atoms with Crippen molar-refractivity contribution < 1.29 is 0 Å². The summed E-state index contributed by atoms with van der Waals surface area (Å²) in [6.45, 7) is 0. The van der Waals surface area contributed by atoms with Gasteiger partial charge in [-0.1, -0.05) is 48.6 Å². The van der Waals surface area contributed by atoms with Gasteiger partial charge in [-0.25, -0.2) is 0 Å². The van der Waals surface area contributed by atoms with Gasteiger partial charge in [0.15, 0.2) is 0 Å². The van der Waals surface area contributed by atoms with E-state index in [4.69, 9.17) is 0 Å². The van der Waals surface area contributed by atoms with Crippen molar-refractivity contribution in [3.8, 4) is 0 Å². The van der Waals surface area contributed by atoms with Crippen LogP contribution in [0.25, 0.3) is 16.8 Å². The Bertz CT molecular complexity index is 492. The summed E-state index contributed by atoms with van der Waals surface area (Å²) in [5.74, 6) is 0. The van der Waals surface area contributed by atoms with Crippen LogP contribution in [0.4, 0.5) is 0 Å².